The normalized spacial score (nSPS) is 10.7. The van der Waals surface area contributed by atoms with Gasteiger partial charge in [0.05, 0.1) is 32.7 Å². The molecule has 0 saturated heterocycles. The fourth-order valence-corrected chi connectivity index (χ4v) is 3.59. The fraction of sp³-hybridized carbons (Fsp3) is 0.500. The van der Waals surface area contributed by atoms with Gasteiger partial charge in [0.15, 0.2) is 16.7 Å². The summed E-state index contributed by atoms with van der Waals surface area (Å²) in [6.07, 6.45) is 4.89. The van der Waals surface area contributed by atoms with Crippen LogP contribution >= 0.6 is 11.8 Å². The first kappa shape index (κ1) is 21.3. The van der Waals surface area contributed by atoms with Crippen LogP contribution in [0.15, 0.2) is 23.4 Å². The van der Waals surface area contributed by atoms with Crippen molar-refractivity contribution < 1.29 is 14.2 Å². The van der Waals surface area contributed by atoms with Gasteiger partial charge >= 0.3 is 0 Å². The Morgan fingerprint density at radius 3 is 2.19 bits per heavy atom. The lowest BCUT2D eigenvalue weighted by molar-refractivity contribution is 0.324. The summed E-state index contributed by atoms with van der Waals surface area (Å²) >= 11 is 1.67. The lowest BCUT2D eigenvalue weighted by Crippen LogP contribution is -2.04. The molecule has 2 aromatic rings. The fourth-order valence-electron chi connectivity index (χ4n) is 2.71. The second-order valence-electron chi connectivity index (χ2n) is 6.05. The first-order valence-corrected chi connectivity index (χ1v) is 10.2. The molecule has 0 aliphatic heterocycles. The van der Waals surface area contributed by atoms with Crippen LogP contribution < -0.4 is 19.9 Å². The number of rotatable bonds is 11. The second kappa shape index (κ2) is 11.0. The topological polar surface area (TPSA) is 79.5 Å². The van der Waals surface area contributed by atoms with E-state index in [2.05, 4.69) is 11.9 Å². The molecule has 1 aromatic heterocycles. The number of methoxy groups -OCH3 is 3. The molecule has 2 N–H and O–H groups in total. The molecule has 0 spiro atoms. The lowest BCUT2D eigenvalue weighted by Gasteiger charge is -2.14. The molecule has 6 nitrogen and oxygen atoms in total. The molecular weight excluding hydrogens is 362 g/mol. The van der Waals surface area contributed by atoms with Crippen LogP contribution in [0.3, 0.4) is 0 Å². The van der Waals surface area contributed by atoms with Gasteiger partial charge in [0, 0.05) is 17.9 Å². The Hall–Kier alpha value is -1.99. The molecule has 0 aliphatic rings. The summed E-state index contributed by atoms with van der Waals surface area (Å²) in [5.41, 5.74) is 8.32. The van der Waals surface area contributed by atoms with Crippen molar-refractivity contribution in [3.63, 3.8) is 0 Å². The molecule has 0 saturated carbocycles. The first-order valence-electron chi connectivity index (χ1n) is 9.18. The van der Waals surface area contributed by atoms with E-state index in [1.165, 1.54) is 19.3 Å². The molecule has 0 unspecified atom stereocenters. The van der Waals surface area contributed by atoms with Gasteiger partial charge in [-0.05, 0) is 24.6 Å². The van der Waals surface area contributed by atoms with E-state index in [4.69, 9.17) is 24.9 Å². The van der Waals surface area contributed by atoms with Gasteiger partial charge in [-0.3, -0.25) is 0 Å². The van der Waals surface area contributed by atoms with Crippen LogP contribution in [0, 0.1) is 0 Å². The van der Waals surface area contributed by atoms with Crippen molar-refractivity contribution in [2.75, 3.05) is 27.1 Å². The van der Waals surface area contributed by atoms with Gasteiger partial charge in [0.25, 0.3) is 0 Å². The number of aromatic nitrogens is 2. The van der Waals surface area contributed by atoms with E-state index < -0.39 is 0 Å². The van der Waals surface area contributed by atoms with E-state index in [9.17, 15) is 0 Å². The third-order valence-corrected chi connectivity index (χ3v) is 5.09. The van der Waals surface area contributed by atoms with Crippen LogP contribution in [0.5, 0.6) is 17.2 Å². The van der Waals surface area contributed by atoms with Crippen LogP contribution in [-0.2, 0) is 6.54 Å². The summed E-state index contributed by atoms with van der Waals surface area (Å²) in [6.45, 7) is 2.58. The highest BCUT2D eigenvalue weighted by Gasteiger charge is 2.16. The van der Waals surface area contributed by atoms with Gasteiger partial charge in [0.1, 0.15) is 0 Å². The Kier molecular flexibility index (Phi) is 8.67. The van der Waals surface area contributed by atoms with Crippen LogP contribution in [-0.4, -0.2) is 37.1 Å². The highest BCUT2D eigenvalue weighted by molar-refractivity contribution is 7.99. The molecule has 7 heteroatoms. The first-order chi connectivity index (χ1) is 13.2. The molecule has 148 valence electrons. The van der Waals surface area contributed by atoms with Crippen molar-refractivity contribution >= 4 is 11.8 Å². The molecule has 0 radical (unpaired) electrons. The highest BCUT2D eigenvalue weighted by atomic mass is 32.2. The van der Waals surface area contributed by atoms with Gasteiger partial charge in [0.2, 0.25) is 5.75 Å². The number of unbranched alkanes of at least 4 members (excludes halogenated alkanes) is 3. The number of hydrogen-bond donors (Lipinski definition) is 1. The average molecular weight is 392 g/mol. The molecule has 0 atom stereocenters. The van der Waals surface area contributed by atoms with Gasteiger partial charge in [-0.25, -0.2) is 9.97 Å². The minimum Gasteiger partial charge on any atom is -0.493 e. The molecule has 0 amide bonds. The van der Waals surface area contributed by atoms with Crippen LogP contribution in [0.1, 0.15) is 38.3 Å². The molecule has 0 bridgehead atoms. The SMILES string of the molecule is CCCCCCSc1nc(CN)cc(-c2cc(OC)c(OC)c(OC)c2)n1. The number of nitrogens with two attached hydrogens (primary N) is 1. The summed E-state index contributed by atoms with van der Waals surface area (Å²) in [5.74, 6) is 2.74. The summed E-state index contributed by atoms with van der Waals surface area (Å²) in [7, 11) is 4.79. The van der Waals surface area contributed by atoms with E-state index in [0.29, 0.717) is 23.8 Å². The zero-order chi connectivity index (χ0) is 19.6. The molecule has 0 aliphatic carbocycles. The number of ether oxygens (including phenoxy) is 3. The molecular formula is C20H29N3O3S. The van der Waals surface area contributed by atoms with Crippen molar-refractivity contribution in [1.29, 1.82) is 0 Å². The maximum atomic E-state index is 5.85. The Bertz CT molecular complexity index is 715. The largest absolute Gasteiger partial charge is 0.493 e. The molecule has 2 rings (SSSR count). The van der Waals surface area contributed by atoms with E-state index in [-0.39, 0.29) is 0 Å². The van der Waals surface area contributed by atoms with Gasteiger partial charge in [-0.2, -0.15) is 0 Å². The predicted octanol–water partition coefficient (Wildman–Crippen LogP) is 4.30. The maximum absolute atomic E-state index is 5.85. The summed E-state index contributed by atoms with van der Waals surface area (Å²) < 4.78 is 16.3. The van der Waals surface area contributed by atoms with Gasteiger partial charge in [-0.1, -0.05) is 37.9 Å². The average Bonchev–Trinajstić information content (AvgIpc) is 2.72. The zero-order valence-electron chi connectivity index (χ0n) is 16.6. The van der Waals surface area contributed by atoms with E-state index >= 15 is 0 Å². The molecule has 1 aromatic carbocycles. The maximum Gasteiger partial charge on any atom is 0.203 e. The van der Waals surface area contributed by atoms with Crippen molar-refractivity contribution in [2.45, 2.75) is 44.3 Å². The second-order valence-corrected chi connectivity index (χ2v) is 7.12. The quantitative estimate of drug-likeness (QED) is 0.347. The van der Waals surface area contributed by atoms with Gasteiger partial charge in [-0.15, -0.1) is 0 Å². The van der Waals surface area contributed by atoms with Crippen molar-refractivity contribution in [3.8, 4) is 28.5 Å². The van der Waals surface area contributed by atoms with E-state index in [1.54, 1.807) is 33.1 Å². The standard InChI is InChI=1S/C20H29N3O3S/c1-5-6-7-8-9-27-20-22-15(13-21)12-16(23-20)14-10-17(24-2)19(26-4)18(11-14)25-3/h10-12H,5-9,13,21H2,1-4H3. The number of hydrogen-bond acceptors (Lipinski definition) is 7. The highest BCUT2D eigenvalue weighted by Crippen LogP contribution is 2.41. The van der Waals surface area contributed by atoms with Crippen LogP contribution in [0.4, 0.5) is 0 Å². The summed E-state index contributed by atoms with van der Waals surface area (Å²) in [5, 5.41) is 0.748. The Labute approximate surface area is 165 Å². The molecule has 0 fully saturated rings. The van der Waals surface area contributed by atoms with Crippen LogP contribution in [0.25, 0.3) is 11.3 Å². The minimum absolute atomic E-state index is 0.364. The minimum atomic E-state index is 0.364. The summed E-state index contributed by atoms with van der Waals surface area (Å²) in [4.78, 5) is 9.27. The number of thioether (sulfide) groups is 1. The van der Waals surface area contributed by atoms with Gasteiger partial charge < -0.3 is 19.9 Å². The van der Waals surface area contributed by atoms with Crippen LogP contribution in [0.2, 0.25) is 0 Å². The van der Waals surface area contributed by atoms with Crippen molar-refractivity contribution in [2.24, 2.45) is 5.73 Å². The Morgan fingerprint density at radius 1 is 0.926 bits per heavy atom. The third-order valence-electron chi connectivity index (χ3n) is 4.16. The molecule has 27 heavy (non-hydrogen) atoms. The molecule has 1 heterocycles. The van der Waals surface area contributed by atoms with Crippen molar-refractivity contribution in [1.82, 2.24) is 9.97 Å². The predicted molar refractivity (Wildman–Crippen MR) is 110 cm³/mol. The van der Waals surface area contributed by atoms with E-state index in [1.807, 2.05) is 18.2 Å². The summed E-state index contributed by atoms with van der Waals surface area (Å²) in [6, 6.07) is 5.68. The monoisotopic (exact) mass is 391 g/mol. The number of nitrogens with zero attached hydrogens (tertiary/aromatic N) is 2. The van der Waals surface area contributed by atoms with Crippen molar-refractivity contribution in [3.05, 3.63) is 23.9 Å². The van der Waals surface area contributed by atoms with E-state index in [0.717, 1.165) is 34.3 Å². The Balaban J connectivity index is 2.32. The lowest BCUT2D eigenvalue weighted by atomic mass is 10.1. The Morgan fingerprint density at radius 2 is 1.63 bits per heavy atom. The zero-order valence-corrected chi connectivity index (χ0v) is 17.4. The smallest absolute Gasteiger partial charge is 0.203 e. The third kappa shape index (κ3) is 5.74. The number of benzene rings is 1.